The van der Waals surface area contributed by atoms with E-state index in [1.54, 1.807) is 35.0 Å². The Labute approximate surface area is 202 Å². The van der Waals surface area contributed by atoms with Gasteiger partial charge in [-0.25, -0.2) is 17.5 Å². The number of benzene rings is 3. The van der Waals surface area contributed by atoms with Crippen molar-refractivity contribution in [1.82, 2.24) is 9.78 Å². The molecule has 5 nitrogen and oxygen atoms in total. The number of fused-ring (bicyclic) bond motifs is 1. The number of nitrogens with zero attached hydrogens (tertiary/aromatic N) is 2. The van der Waals surface area contributed by atoms with Gasteiger partial charge in [0.25, 0.3) is 0 Å². The molecular formula is C26H22ClFN2O3S. The molecule has 1 aliphatic heterocycles. The largest absolute Gasteiger partial charge is 0.294 e. The van der Waals surface area contributed by atoms with Crippen molar-refractivity contribution < 1.29 is 17.6 Å². The minimum Gasteiger partial charge on any atom is -0.294 e. The van der Waals surface area contributed by atoms with Crippen LogP contribution >= 0.6 is 11.6 Å². The third kappa shape index (κ3) is 4.38. The van der Waals surface area contributed by atoms with E-state index in [2.05, 4.69) is 0 Å². The van der Waals surface area contributed by atoms with E-state index < -0.39 is 15.3 Å². The summed E-state index contributed by atoms with van der Waals surface area (Å²) in [6, 6.07) is 18.7. The van der Waals surface area contributed by atoms with Crippen LogP contribution in [0.15, 0.2) is 66.7 Å². The number of aromatic nitrogens is 2. The molecule has 34 heavy (non-hydrogen) atoms. The van der Waals surface area contributed by atoms with Gasteiger partial charge < -0.3 is 0 Å². The van der Waals surface area contributed by atoms with Crippen molar-refractivity contribution in [1.29, 1.82) is 0 Å². The number of halogens is 2. The third-order valence-electron chi connectivity index (χ3n) is 6.34. The molecule has 1 fully saturated rings. The average Bonchev–Trinajstić information content (AvgIpc) is 3.30. The Morgan fingerprint density at radius 3 is 2.56 bits per heavy atom. The van der Waals surface area contributed by atoms with Crippen LogP contribution in [0.2, 0.25) is 5.02 Å². The van der Waals surface area contributed by atoms with E-state index in [1.807, 2.05) is 31.2 Å². The Hall–Kier alpha value is -3.03. The van der Waals surface area contributed by atoms with Gasteiger partial charge in [0.1, 0.15) is 11.5 Å². The van der Waals surface area contributed by atoms with Gasteiger partial charge >= 0.3 is 0 Å². The van der Waals surface area contributed by atoms with Gasteiger partial charge in [-0.2, -0.15) is 5.10 Å². The maximum atomic E-state index is 13.6. The number of Topliss-reactive ketones (excluding diaryl/α,β-unsaturated/α-hetero) is 1. The number of hydrogen-bond acceptors (Lipinski definition) is 4. The molecule has 5 rings (SSSR count). The quantitative estimate of drug-likeness (QED) is 0.323. The van der Waals surface area contributed by atoms with E-state index in [0.717, 1.165) is 10.9 Å². The van der Waals surface area contributed by atoms with Crippen LogP contribution in [0.5, 0.6) is 0 Å². The molecule has 4 aromatic rings. The second-order valence-corrected chi connectivity index (χ2v) is 11.9. The average molecular weight is 497 g/mol. The maximum absolute atomic E-state index is 13.6. The summed E-state index contributed by atoms with van der Waals surface area (Å²) >= 11 is 6.20. The number of hydrogen-bond donors (Lipinski definition) is 0. The Bertz CT molecular complexity index is 1530. The third-order valence-corrected chi connectivity index (χ3v) is 8.54. The predicted octanol–water partition coefficient (Wildman–Crippen LogP) is 5.88. The number of rotatable bonds is 5. The van der Waals surface area contributed by atoms with Crippen LogP contribution in [-0.4, -0.2) is 35.5 Å². The number of carbonyl (C=O) groups excluding carboxylic acids is 1. The van der Waals surface area contributed by atoms with E-state index in [1.165, 1.54) is 12.1 Å². The molecule has 174 valence electrons. The second-order valence-electron chi connectivity index (χ2n) is 9.23. The minimum absolute atomic E-state index is 0.0282. The molecular weight excluding hydrogens is 475 g/mol. The van der Waals surface area contributed by atoms with Crippen LogP contribution in [0, 0.1) is 11.2 Å². The van der Waals surface area contributed by atoms with Gasteiger partial charge in [0.05, 0.1) is 22.7 Å². The fourth-order valence-corrected chi connectivity index (χ4v) is 7.07. The van der Waals surface area contributed by atoms with E-state index in [-0.39, 0.29) is 29.5 Å². The summed E-state index contributed by atoms with van der Waals surface area (Å²) in [6.45, 7) is 1.86. The maximum Gasteiger partial charge on any atom is 0.163 e. The number of sulfone groups is 1. The van der Waals surface area contributed by atoms with Gasteiger partial charge in [-0.15, -0.1) is 0 Å². The second kappa shape index (κ2) is 8.32. The Morgan fingerprint density at radius 2 is 1.88 bits per heavy atom. The van der Waals surface area contributed by atoms with Crippen LogP contribution in [0.1, 0.15) is 30.1 Å². The zero-order valence-corrected chi connectivity index (χ0v) is 20.0. The summed E-state index contributed by atoms with van der Waals surface area (Å²) in [4.78, 5) is 13.2. The highest BCUT2D eigenvalue weighted by molar-refractivity contribution is 7.91. The first-order valence-corrected chi connectivity index (χ1v) is 13.1. The summed E-state index contributed by atoms with van der Waals surface area (Å²) in [5, 5.41) is 6.18. The van der Waals surface area contributed by atoms with Gasteiger partial charge in [0.2, 0.25) is 0 Å². The normalized spacial score (nSPS) is 19.5. The highest BCUT2D eigenvalue weighted by atomic mass is 35.5. The van der Waals surface area contributed by atoms with Crippen molar-refractivity contribution in [2.45, 2.75) is 19.8 Å². The van der Waals surface area contributed by atoms with Crippen LogP contribution in [0.4, 0.5) is 4.39 Å². The van der Waals surface area contributed by atoms with Crippen molar-refractivity contribution in [3.05, 3.63) is 83.1 Å². The summed E-state index contributed by atoms with van der Waals surface area (Å²) in [6.07, 6.45) is 0.638. The molecule has 2 heterocycles. The molecule has 1 aliphatic rings. The van der Waals surface area contributed by atoms with Crippen molar-refractivity contribution >= 4 is 38.1 Å². The summed E-state index contributed by atoms with van der Waals surface area (Å²) < 4.78 is 39.2. The van der Waals surface area contributed by atoms with E-state index in [4.69, 9.17) is 16.7 Å². The molecule has 0 aliphatic carbocycles. The van der Waals surface area contributed by atoms with Gasteiger partial charge in [-0.3, -0.25) is 4.79 Å². The monoisotopic (exact) mass is 496 g/mol. The minimum atomic E-state index is -3.10. The highest BCUT2D eigenvalue weighted by Gasteiger charge is 2.39. The molecule has 3 aromatic carbocycles. The van der Waals surface area contributed by atoms with E-state index in [0.29, 0.717) is 33.9 Å². The summed E-state index contributed by atoms with van der Waals surface area (Å²) in [7, 11) is -3.10. The molecule has 0 amide bonds. The Balaban J connectivity index is 1.61. The lowest BCUT2D eigenvalue weighted by atomic mass is 9.83. The van der Waals surface area contributed by atoms with Crippen molar-refractivity contribution in [3.8, 4) is 16.9 Å². The van der Waals surface area contributed by atoms with Crippen molar-refractivity contribution in [2.24, 2.45) is 5.41 Å². The topological polar surface area (TPSA) is 69.0 Å². The highest BCUT2D eigenvalue weighted by Crippen LogP contribution is 2.37. The van der Waals surface area contributed by atoms with E-state index in [9.17, 15) is 17.6 Å². The summed E-state index contributed by atoms with van der Waals surface area (Å²) in [5.74, 6) is -0.320. The zero-order chi connectivity index (χ0) is 24.1. The predicted molar refractivity (Wildman–Crippen MR) is 132 cm³/mol. The standard InChI is InChI=1S/C26H22ClFN2O3S/c1-26(11-12-34(32,33)16-26)15-24(31)17-5-10-22-23(14-17)30(21-8-6-20(28)7-9-21)29-25(22)18-3-2-4-19(27)13-18/h2-10,13-14H,11-12,15-16H2,1H3. The van der Waals surface area contributed by atoms with E-state index >= 15 is 0 Å². The molecule has 1 atom stereocenters. The number of carbonyl (C=O) groups is 1. The van der Waals surface area contributed by atoms with Crippen molar-refractivity contribution in [2.75, 3.05) is 11.5 Å². The summed E-state index contributed by atoms with van der Waals surface area (Å²) in [5.41, 5.74) is 2.78. The zero-order valence-electron chi connectivity index (χ0n) is 18.5. The lowest BCUT2D eigenvalue weighted by Gasteiger charge is -2.20. The SMILES string of the molecule is CC1(CC(=O)c2ccc3c(-c4cccc(Cl)c4)nn(-c4ccc(F)cc4)c3c2)CCS(=O)(=O)C1. The van der Waals surface area contributed by atoms with Crippen LogP contribution in [-0.2, 0) is 9.84 Å². The smallest absolute Gasteiger partial charge is 0.163 e. The van der Waals surface area contributed by atoms with Crippen molar-refractivity contribution in [3.63, 3.8) is 0 Å². The van der Waals surface area contributed by atoms with Crippen LogP contribution in [0.3, 0.4) is 0 Å². The van der Waals surface area contributed by atoms with Gasteiger partial charge in [-0.1, -0.05) is 36.7 Å². The molecule has 0 N–H and O–H groups in total. The fraction of sp³-hybridized carbons (Fsp3) is 0.231. The van der Waals surface area contributed by atoms with Crippen LogP contribution < -0.4 is 0 Å². The first-order valence-electron chi connectivity index (χ1n) is 10.9. The van der Waals surface area contributed by atoms with Gasteiger partial charge in [-0.05, 0) is 60.4 Å². The lowest BCUT2D eigenvalue weighted by Crippen LogP contribution is -2.22. The molecule has 0 saturated carbocycles. The molecule has 0 bridgehead atoms. The molecule has 0 spiro atoms. The molecule has 0 radical (unpaired) electrons. The molecule has 8 heteroatoms. The Morgan fingerprint density at radius 1 is 1.12 bits per heavy atom. The molecule has 1 aromatic heterocycles. The Kier molecular flexibility index (Phi) is 5.57. The molecule has 1 saturated heterocycles. The first kappa shape index (κ1) is 22.7. The van der Waals surface area contributed by atoms with Crippen LogP contribution in [0.25, 0.3) is 27.8 Å². The van der Waals surface area contributed by atoms with Gasteiger partial charge in [0.15, 0.2) is 15.6 Å². The van der Waals surface area contributed by atoms with Gasteiger partial charge in [0, 0.05) is 28.0 Å². The fourth-order valence-electron chi connectivity index (χ4n) is 4.62. The molecule has 1 unspecified atom stereocenters. The number of ketones is 1. The first-order chi connectivity index (χ1) is 16.1. The lowest BCUT2D eigenvalue weighted by molar-refractivity contribution is 0.0934.